The number of hydrogen-bond donors (Lipinski definition) is 2. The van der Waals surface area contributed by atoms with Gasteiger partial charge in [0.1, 0.15) is 11.8 Å². The highest BCUT2D eigenvalue weighted by Gasteiger charge is 2.48. The molecule has 14 nitrogen and oxygen atoms in total. The van der Waals surface area contributed by atoms with E-state index in [0.717, 1.165) is 116 Å². The number of halogens is 2. The van der Waals surface area contributed by atoms with E-state index in [1.807, 2.05) is 35.3 Å². The number of hydrazine groups is 1. The van der Waals surface area contributed by atoms with Crippen LogP contribution < -0.4 is 20.4 Å². The molecule has 1 aliphatic carbocycles. The molecule has 65 heavy (non-hydrogen) atoms. The number of hydrazone groups is 1. The molecule has 9 aliphatic rings. The first-order chi connectivity index (χ1) is 31.4. The predicted octanol–water partition coefficient (Wildman–Crippen LogP) is 5.08. The van der Waals surface area contributed by atoms with E-state index in [9.17, 15) is 28.0 Å². The van der Waals surface area contributed by atoms with E-state index in [0.29, 0.717) is 75.1 Å². The van der Waals surface area contributed by atoms with Crippen LogP contribution in [0.25, 0.3) is 5.57 Å². The zero-order valence-corrected chi connectivity index (χ0v) is 37.3. The summed E-state index contributed by atoms with van der Waals surface area (Å²) in [5, 5.41) is 9.48. The van der Waals surface area contributed by atoms with Crippen molar-refractivity contribution in [2.24, 2.45) is 16.9 Å². The Hall–Kier alpha value is -5.48. The summed E-state index contributed by atoms with van der Waals surface area (Å²) in [5.74, 6) is 1.71. The van der Waals surface area contributed by atoms with Crippen molar-refractivity contribution >= 4 is 46.9 Å². The second-order valence-electron chi connectivity index (χ2n) is 19.8. The number of amidine groups is 1. The van der Waals surface area contributed by atoms with Gasteiger partial charge < -0.3 is 29.3 Å². The summed E-state index contributed by atoms with van der Waals surface area (Å²) in [6.07, 6.45) is 10.9. The maximum absolute atomic E-state index is 14.8. The van der Waals surface area contributed by atoms with Gasteiger partial charge >= 0.3 is 0 Å². The fourth-order valence-electron chi connectivity index (χ4n) is 12.2. The summed E-state index contributed by atoms with van der Waals surface area (Å²) in [7, 11) is 1.87. The van der Waals surface area contributed by atoms with Crippen molar-refractivity contribution in [3.63, 3.8) is 0 Å². The van der Waals surface area contributed by atoms with Gasteiger partial charge in [-0.1, -0.05) is 10.8 Å². The van der Waals surface area contributed by atoms with Crippen molar-refractivity contribution in [3.05, 3.63) is 75.1 Å². The second kappa shape index (κ2) is 16.4. The Morgan fingerprint density at radius 2 is 1.82 bits per heavy atom. The summed E-state index contributed by atoms with van der Waals surface area (Å²) in [4.78, 5) is 58.8. The maximum Gasteiger partial charge on any atom is 0.264 e. The average molecular weight is 891 g/mol. The molecule has 2 saturated heterocycles. The molecule has 0 bridgehead atoms. The molecule has 8 heterocycles. The smallest absolute Gasteiger partial charge is 0.264 e. The van der Waals surface area contributed by atoms with Crippen molar-refractivity contribution in [1.82, 2.24) is 30.5 Å². The molecule has 2 aromatic carbocycles. The van der Waals surface area contributed by atoms with E-state index < -0.39 is 18.4 Å². The quantitative estimate of drug-likeness (QED) is 0.301. The summed E-state index contributed by atoms with van der Waals surface area (Å²) in [6.45, 7) is 7.82. The summed E-state index contributed by atoms with van der Waals surface area (Å²) in [5.41, 5.74) is 11.2. The Bertz CT molecular complexity index is 2500. The van der Waals surface area contributed by atoms with Gasteiger partial charge in [0.25, 0.3) is 12.3 Å². The molecule has 2 N–H and O–H groups in total. The van der Waals surface area contributed by atoms with Crippen LogP contribution in [-0.4, -0.2) is 126 Å². The van der Waals surface area contributed by atoms with Crippen LogP contribution in [0.2, 0.25) is 0 Å². The van der Waals surface area contributed by atoms with Gasteiger partial charge in [-0.05, 0) is 112 Å². The number of imide groups is 1. The minimum atomic E-state index is -2.63. The Kier molecular flexibility index (Phi) is 10.7. The van der Waals surface area contributed by atoms with E-state index in [1.165, 1.54) is 5.56 Å². The van der Waals surface area contributed by atoms with Gasteiger partial charge in [0, 0.05) is 97.1 Å². The number of piperidine rings is 2. The number of nitrogens with one attached hydrogen (secondary N) is 2. The molecule has 8 aliphatic heterocycles. The molecule has 1 atom stereocenters. The number of hydrogen-bond acceptors (Lipinski definition) is 10. The SMILES string of the molecule is CC(=O)N1CCC2=C(C1)C(N1CCCc3cc(C4=CN(C)NC4)c(C(F)F)cc31)=N/[N+]2=C\C1CCC(CN2CCC3(CC2)COc2c3ccc3c2CN([C@H]2CCC(=O)NC2=O)C3=O)CC1. The number of fused-ring (bicyclic) bond motifs is 5. The van der Waals surface area contributed by atoms with Gasteiger partial charge in [0.05, 0.1) is 31.7 Å². The Balaban J connectivity index is 0.753. The number of ether oxygens (including phenoxy) is 1. The lowest BCUT2D eigenvalue weighted by atomic mass is 9.73. The minimum absolute atomic E-state index is 0.0231. The largest absolute Gasteiger partial charge is 0.492 e. The van der Waals surface area contributed by atoms with Crippen molar-refractivity contribution < 1.29 is 37.4 Å². The lowest BCUT2D eigenvalue weighted by Crippen LogP contribution is -2.52. The van der Waals surface area contributed by atoms with Gasteiger partial charge in [-0.2, -0.15) is 0 Å². The number of carbonyl (C=O) groups excluding carboxylic acids is 4. The predicted molar refractivity (Wildman–Crippen MR) is 239 cm³/mol. The lowest BCUT2D eigenvalue weighted by Gasteiger charge is -2.40. The molecule has 0 unspecified atom stereocenters. The number of amides is 4. The molecule has 342 valence electrons. The van der Waals surface area contributed by atoms with Crippen molar-refractivity contribution in [2.75, 3.05) is 64.4 Å². The molecule has 0 radical (unpaired) electrons. The average Bonchev–Trinajstić information content (AvgIpc) is 4.08. The molecule has 16 heteroatoms. The van der Waals surface area contributed by atoms with Gasteiger partial charge in [0.2, 0.25) is 29.3 Å². The van der Waals surface area contributed by atoms with Gasteiger partial charge in [-0.15, -0.1) is 0 Å². The first-order valence-electron chi connectivity index (χ1n) is 23.7. The number of rotatable bonds is 6. The highest BCUT2D eigenvalue weighted by molar-refractivity contribution is 6.12. The van der Waals surface area contributed by atoms with Crippen LogP contribution in [0, 0.1) is 11.8 Å². The number of aryl methyl sites for hydroxylation is 1. The molecule has 3 fully saturated rings. The van der Waals surface area contributed by atoms with Gasteiger partial charge in [-0.25, -0.2) is 14.2 Å². The Morgan fingerprint density at radius 1 is 1.00 bits per heavy atom. The monoisotopic (exact) mass is 890 g/mol. The molecule has 4 amide bonds. The fraction of sp³-hybridized carbons (Fsp3) is 0.551. The topological polar surface area (TPSA) is 133 Å². The highest BCUT2D eigenvalue weighted by atomic mass is 19.3. The molecular weight excluding hydrogens is 833 g/mol. The third kappa shape index (κ3) is 7.44. The number of carbonyl (C=O) groups is 4. The zero-order chi connectivity index (χ0) is 44.7. The molecule has 0 aromatic heterocycles. The summed E-state index contributed by atoms with van der Waals surface area (Å²) < 4.78 is 38.0. The number of alkyl halides is 2. The van der Waals surface area contributed by atoms with E-state index in [2.05, 4.69) is 37.5 Å². The summed E-state index contributed by atoms with van der Waals surface area (Å²) in [6, 6.07) is 7.00. The fourth-order valence-corrected chi connectivity index (χ4v) is 12.2. The van der Waals surface area contributed by atoms with Crippen molar-refractivity contribution in [3.8, 4) is 5.75 Å². The number of likely N-dealkylation sites (tertiary alicyclic amines) is 1. The number of benzene rings is 2. The van der Waals surface area contributed by atoms with Crippen molar-refractivity contribution in [1.29, 1.82) is 0 Å². The van der Waals surface area contributed by atoms with Crippen LogP contribution in [0.3, 0.4) is 0 Å². The van der Waals surface area contributed by atoms with Crippen LogP contribution in [0.1, 0.15) is 116 Å². The zero-order valence-electron chi connectivity index (χ0n) is 37.3. The first kappa shape index (κ1) is 42.2. The van der Waals surface area contributed by atoms with Crippen LogP contribution in [0.5, 0.6) is 5.75 Å². The van der Waals surface area contributed by atoms with Gasteiger partial charge in [-0.3, -0.25) is 24.5 Å². The molecular formula is C49H58F2N9O5+. The molecule has 2 aromatic rings. The standard InChI is InChI=1S/C49H57F2N9O5/c1-29(61)57-17-13-40-38(26-57)46(58-16-3-4-32-20-35(33-22-52-55(2)25-33)36(45(50)51)21-42(32)58)54-60(40)24-31-7-5-30(6-8-31)23-56-18-14-49(15-19-56)28-65-44-37-27-59(41-11-12-43(62)53-47(41)63)48(64)34(37)9-10-39(44)49/h9-10,20-21,24-25,30-31,41,45,52H,3-8,11-19,22-23,26-28H2,1-2H3/p+1/b60-24-/t30?,31?,41-/m0/s1. The minimum Gasteiger partial charge on any atom is -0.492 e. The third-order valence-corrected chi connectivity index (χ3v) is 15.9. The molecule has 1 spiro atoms. The van der Waals surface area contributed by atoms with Crippen LogP contribution in [0.15, 0.2) is 46.8 Å². The van der Waals surface area contributed by atoms with Gasteiger partial charge in [0.15, 0.2) is 6.21 Å². The van der Waals surface area contributed by atoms with E-state index >= 15 is 0 Å². The van der Waals surface area contributed by atoms with Crippen LogP contribution >= 0.6 is 0 Å². The van der Waals surface area contributed by atoms with Crippen LogP contribution in [-0.2, 0) is 32.8 Å². The van der Waals surface area contributed by atoms with E-state index in [-0.39, 0.29) is 35.1 Å². The maximum atomic E-state index is 14.8. The second-order valence-corrected chi connectivity index (χ2v) is 19.8. The van der Waals surface area contributed by atoms with E-state index in [4.69, 9.17) is 9.84 Å². The first-order valence-corrected chi connectivity index (χ1v) is 23.7. The normalized spacial score (nSPS) is 27.0. The van der Waals surface area contributed by atoms with Crippen molar-refractivity contribution in [2.45, 2.75) is 102 Å². The Morgan fingerprint density at radius 3 is 2.55 bits per heavy atom. The number of nitrogens with zero attached hydrogens (tertiary/aromatic N) is 7. The number of anilines is 1. The van der Waals surface area contributed by atoms with Crippen LogP contribution in [0.4, 0.5) is 14.5 Å². The Labute approximate surface area is 377 Å². The van der Waals surface area contributed by atoms with E-state index in [1.54, 1.807) is 17.9 Å². The third-order valence-electron chi connectivity index (χ3n) is 15.9. The lowest BCUT2D eigenvalue weighted by molar-refractivity contribution is -0.479. The molecule has 11 rings (SSSR count). The summed E-state index contributed by atoms with van der Waals surface area (Å²) >= 11 is 0. The molecule has 1 saturated carbocycles. The highest BCUT2D eigenvalue weighted by Crippen LogP contribution is 2.50.